The van der Waals surface area contributed by atoms with Gasteiger partial charge in [0.05, 0.1) is 19.0 Å². The zero-order chi connectivity index (χ0) is 13.7. The topological polar surface area (TPSA) is 39.1 Å². The predicted molar refractivity (Wildman–Crippen MR) is 83.4 cm³/mol. The summed E-state index contributed by atoms with van der Waals surface area (Å²) < 4.78 is 7.18. The SMILES string of the molecule is CCn1ncc(C)c1CNCc1ccc(OC)cc1.Cl. The number of rotatable bonds is 6. The Hall–Kier alpha value is -1.52. The molecule has 110 valence electrons. The highest BCUT2D eigenvalue weighted by Gasteiger charge is 2.05. The number of methoxy groups -OCH3 is 1. The normalized spacial score (nSPS) is 10.2. The second kappa shape index (κ2) is 7.92. The fourth-order valence-electron chi connectivity index (χ4n) is 2.08. The third-order valence-corrected chi connectivity index (χ3v) is 3.24. The highest BCUT2D eigenvalue weighted by atomic mass is 35.5. The predicted octanol–water partition coefficient (Wildman–Crippen LogP) is 2.93. The van der Waals surface area contributed by atoms with Crippen molar-refractivity contribution < 1.29 is 4.74 Å². The first-order valence-corrected chi connectivity index (χ1v) is 6.59. The molecule has 0 spiro atoms. The average molecular weight is 296 g/mol. The number of ether oxygens (including phenoxy) is 1. The third-order valence-electron chi connectivity index (χ3n) is 3.24. The molecule has 0 radical (unpaired) electrons. The van der Waals surface area contributed by atoms with Crippen LogP contribution in [-0.2, 0) is 19.6 Å². The van der Waals surface area contributed by atoms with Crippen LogP contribution in [0.2, 0.25) is 0 Å². The molecule has 0 bridgehead atoms. The third kappa shape index (κ3) is 3.99. The Morgan fingerprint density at radius 2 is 1.90 bits per heavy atom. The summed E-state index contributed by atoms with van der Waals surface area (Å²) in [4.78, 5) is 0. The molecule has 5 heteroatoms. The Bertz CT molecular complexity index is 522. The van der Waals surface area contributed by atoms with Crippen LogP contribution < -0.4 is 10.1 Å². The van der Waals surface area contributed by atoms with Crippen molar-refractivity contribution in [3.63, 3.8) is 0 Å². The second-order valence-electron chi connectivity index (χ2n) is 4.54. The van der Waals surface area contributed by atoms with Crippen LogP contribution in [0.25, 0.3) is 0 Å². The van der Waals surface area contributed by atoms with E-state index in [0.717, 1.165) is 25.4 Å². The average Bonchev–Trinajstić information content (AvgIpc) is 2.80. The van der Waals surface area contributed by atoms with E-state index < -0.39 is 0 Å². The van der Waals surface area contributed by atoms with Crippen LogP contribution in [0, 0.1) is 6.92 Å². The van der Waals surface area contributed by atoms with Crippen LogP contribution >= 0.6 is 12.4 Å². The highest BCUT2D eigenvalue weighted by molar-refractivity contribution is 5.85. The van der Waals surface area contributed by atoms with Gasteiger partial charge in [-0.25, -0.2) is 0 Å². The standard InChI is InChI=1S/C15H21N3O.ClH/c1-4-18-15(12(2)9-17-18)11-16-10-13-5-7-14(19-3)8-6-13;/h5-9,16H,4,10-11H2,1-3H3;1H. The molecule has 1 aromatic carbocycles. The molecular formula is C15H22ClN3O. The lowest BCUT2D eigenvalue weighted by Crippen LogP contribution is -2.16. The molecule has 20 heavy (non-hydrogen) atoms. The zero-order valence-electron chi connectivity index (χ0n) is 12.2. The summed E-state index contributed by atoms with van der Waals surface area (Å²) >= 11 is 0. The van der Waals surface area contributed by atoms with Crippen molar-refractivity contribution in [2.45, 2.75) is 33.5 Å². The van der Waals surface area contributed by atoms with Gasteiger partial charge in [-0.15, -0.1) is 12.4 Å². The Kier molecular flexibility index (Phi) is 6.55. The molecule has 0 amide bonds. The van der Waals surface area contributed by atoms with Gasteiger partial charge in [0.2, 0.25) is 0 Å². The summed E-state index contributed by atoms with van der Waals surface area (Å²) in [7, 11) is 1.68. The summed E-state index contributed by atoms with van der Waals surface area (Å²) in [6.45, 7) is 6.81. The molecule has 0 fully saturated rings. The molecule has 0 atom stereocenters. The fraction of sp³-hybridized carbons (Fsp3) is 0.400. The molecule has 0 unspecified atom stereocenters. The van der Waals surface area contributed by atoms with Crippen LogP contribution in [0.1, 0.15) is 23.7 Å². The lowest BCUT2D eigenvalue weighted by atomic mass is 10.2. The largest absolute Gasteiger partial charge is 0.497 e. The molecule has 2 rings (SSSR count). The first kappa shape index (κ1) is 16.5. The zero-order valence-corrected chi connectivity index (χ0v) is 13.0. The number of aryl methyl sites for hydroxylation is 2. The van der Waals surface area contributed by atoms with Gasteiger partial charge >= 0.3 is 0 Å². The number of hydrogen-bond acceptors (Lipinski definition) is 3. The van der Waals surface area contributed by atoms with Crippen molar-refractivity contribution in [3.8, 4) is 5.75 Å². The van der Waals surface area contributed by atoms with Gasteiger partial charge in [-0.1, -0.05) is 12.1 Å². The molecule has 0 saturated heterocycles. The summed E-state index contributed by atoms with van der Waals surface area (Å²) in [5, 5.41) is 7.80. The second-order valence-corrected chi connectivity index (χ2v) is 4.54. The van der Waals surface area contributed by atoms with E-state index in [0.29, 0.717) is 0 Å². The first-order chi connectivity index (χ1) is 9.24. The van der Waals surface area contributed by atoms with E-state index in [9.17, 15) is 0 Å². The van der Waals surface area contributed by atoms with Gasteiger partial charge in [-0.05, 0) is 37.1 Å². The number of aromatic nitrogens is 2. The molecule has 0 saturated carbocycles. The van der Waals surface area contributed by atoms with Crippen LogP contribution in [0.5, 0.6) is 5.75 Å². The summed E-state index contributed by atoms with van der Waals surface area (Å²) in [6, 6.07) is 8.13. The van der Waals surface area contributed by atoms with Gasteiger partial charge < -0.3 is 10.1 Å². The van der Waals surface area contributed by atoms with E-state index >= 15 is 0 Å². The number of halogens is 1. The smallest absolute Gasteiger partial charge is 0.118 e. The van der Waals surface area contributed by atoms with Crippen molar-refractivity contribution >= 4 is 12.4 Å². The number of nitrogens with zero attached hydrogens (tertiary/aromatic N) is 2. The van der Waals surface area contributed by atoms with Gasteiger partial charge in [-0.3, -0.25) is 4.68 Å². The van der Waals surface area contributed by atoms with E-state index in [4.69, 9.17) is 4.74 Å². The molecule has 2 aromatic rings. The van der Waals surface area contributed by atoms with E-state index in [-0.39, 0.29) is 12.4 Å². The van der Waals surface area contributed by atoms with Crippen LogP contribution in [-0.4, -0.2) is 16.9 Å². The molecule has 1 heterocycles. The molecule has 0 aliphatic heterocycles. The van der Waals surface area contributed by atoms with Crippen molar-refractivity contribution in [1.82, 2.24) is 15.1 Å². The minimum atomic E-state index is 0. The van der Waals surface area contributed by atoms with Gasteiger partial charge in [0.1, 0.15) is 5.75 Å². The van der Waals surface area contributed by atoms with Crippen LogP contribution in [0.15, 0.2) is 30.5 Å². The maximum atomic E-state index is 5.15. The van der Waals surface area contributed by atoms with Gasteiger partial charge in [-0.2, -0.15) is 5.10 Å². The van der Waals surface area contributed by atoms with Crippen LogP contribution in [0.4, 0.5) is 0 Å². The first-order valence-electron chi connectivity index (χ1n) is 6.59. The number of benzene rings is 1. The molecule has 1 aromatic heterocycles. The lowest BCUT2D eigenvalue weighted by Gasteiger charge is -2.09. The fourth-order valence-corrected chi connectivity index (χ4v) is 2.08. The van der Waals surface area contributed by atoms with E-state index in [1.54, 1.807) is 7.11 Å². The Morgan fingerprint density at radius 3 is 2.50 bits per heavy atom. The lowest BCUT2D eigenvalue weighted by molar-refractivity contribution is 0.414. The molecular weight excluding hydrogens is 274 g/mol. The minimum Gasteiger partial charge on any atom is -0.497 e. The van der Waals surface area contributed by atoms with E-state index in [2.05, 4.69) is 36.4 Å². The quantitative estimate of drug-likeness (QED) is 0.890. The minimum absolute atomic E-state index is 0. The number of hydrogen-bond donors (Lipinski definition) is 1. The van der Waals surface area contributed by atoms with Crippen molar-refractivity contribution in [2.75, 3.05) is 7.11 Å². The summed E-state index contributed by atoms with van der Waals surface area (Å²) in [5.74, 6) is 0.892. The summed E-state index contributed by atoms with van der Waals surface area (Å²) in [5.41, 5.74) is 3.75. The Labute approximate surface area is 126 Å². The van der Waals surface area contributed by atoms with Crippen molar-refractivity contribution in [3.05, 3.63) is 47.3 Å². The van der Waals surface area contributed by atoms with Crippen molar-refractivity contribution in [1.29, 1.82) is 0 Å². The molecule has 4 nitrogen and oxygen atoms in total. The van der Waals surface area contributed by atoms with E-state index in [1.165, 1.54) is 16.8 Å². The number of nitrogens with one attached hydrogen (secondary N) is 1. The monoisotopic (exact) mass is 295 g/mol. The Balaban J connectivity index is 0.00000200. The highest BCUT2D eigenvalue weighted by Crippen LogP contribution is 2.11. The van der Waals surface area contributed by atoms with Crippen molar-refractivity contribution in [2.24, 2.45) is 0 Å². The molecule has 0 aliphatic rings. The maximum Gasteiger partial charge on any atom is 0.118 e. The van der Waals surface area contributed by atoms with Gasteiger partial charge in [0.25, 0.3) is 0 Å². The molecule has 0 aliphatic carbocycles. The van der Waals surface area contributed by atoms with Gasteiger partial charge in [0.15, 0.2) is 0 Å². The van der Waals surface area contributed by atoms with Crippen LogP contribution in [0.3, 0.4) is 0 Å². The Morgan fingerprint density at radius 1 is 1.20 bits per heavy atom. The summed E-state index contributed by atoms with van der Waals surface area (Å²) in [6.07, 6.45) is 1.92. The molecule has 1 N–H and O–H groups in total. The van der Waals surface area contributed by atoms with E-state index in [1.807, 2.05) is 23.0 Å². The maximum absolute atomic E-state index is 5.15. The van der Waals surface area contributed by atoms with Gasteiger partial charge in [0, 0.05) is 19.6 Å².